The van der Waals surface area contributed by atoms with Crippen LogP contribution in [0.5, 0.6) is 0 Å². The maximum atomic E-state index is 13.1. The molecule has 2 fully saturated rings. The van der Waals surface area contributed by atoms with Gasteiger partial charge in [0.05, 0.1) is 35.6 Å². The predicted octanol–water partition coefficient (Wildman–Crippen LogP) is 1.81. The number of nitrogens with two attached hydrogens (primary N) is 2. The van der Waals surface area contributed by atoms with E-state index in [1.165, 1.54) is 0 Å². The van der Waals surface area contributed by atoms with Crippen LogP contribution in [0.25, 0.3) is 22.2 Å². The Bertz CT molecular complexity index is 1520. The Hall–Kier alpha value is -3.77. The summed E-state index contributed by atoms with van der Waals surface area (Å²) in [6.07, 6.45) is 3.97. The van der Waals surface area contributed by atoms with E-state index in [0.29, 0.717) is 56.5 Å². The maximum absolute atomic E-state index is 13.1. The molecule has 1 spiro atoms. The number of rotatable bonds is 4. The van der Waals surface area contributed by atoms with Crippen LogP contribution in [0.2, 0.25) is 0 Å². The molecule has 3 aromatic heterocycles. The quantitative estimate of drug-likeness (QED) is 0.365. The van der Waals surface area contributed by atoms with Crippen LogP contribution >= 0.6 is 0 Å². The van der Waals surface area contributed by atoms with Gasteiger partial charge in [-0.2, -0.15) is 9.97 Å². The number of carbonyl (C=O) groups excluding carboxylic acids is 1. The van der Waals surface area contributed by atoms with Crippen LogP contribution in [0.1, 0.15) is 44.5 Å². The number of hydrogen-bond acceptors (Lipinski definition) is 9. The Morgan fingerprint density at radius 3 is 2.74 bits per heavy atom. The second kappa shape index (κ2) is 8.91. The Kier molecular flexibility index (Phi) is 5.76. The summed E-state index contributed by atoms with van der Waals surface area (Å²) < 4.78 is 10.2. The first kappa shape index (κ1) is 24.6. The highest BCUT2D eigenvalue weighted by Crippen LogP contribution is 2.44. The lowest BCUT2D eigenvalue weighted by molar-refractivity contribution is -0.201. The van der Waals surface area contributed by atoms with Gasteiger partial charge in [-0.05, 0) is 38.8 Å². The highest BCUT2D eigenvalue weighted by atomic mass is 16.5. The van der Waals surface area contributed by atoms with E-state index in [1.54, 1.807) is 13.3 Å². The van der Waals surface area contributed by atoms with Gasteiger partial charge in [-0.3, -0.25) is 4.79 Å². The third-order valence-corrected chi connectivity index (χ3v) is 8.18. The van der Waals surface area contributed by atoms with Crippen molar-refractivity contribution < 1.29 is 14.6 Å². The molecule has 200 valence electrons. The molecule has 0 radical (unpaired) electrons. The summed E-state index contributed by atoms with van der Waals surface area (Å²) in [5.41, 5.74) is 13.2. The smallest absolute Gasteiger partial charge is 0.224 e. The number of aromatic nitrogens is 6. The van der Waals surface area contributed by atoms with E-state index in [0.717, 1.165) is 16.9 Å². The highest BCUT2D eigenvalue weighted by Gasteiger charge is 2.50. The summed E-state index contributed by atoms with van der Waals surface area (Å²) in [5.74, 6) is 1.30. The Morgan fingerprint density at radius 1 is 1.18 bits per heavy atom. The fourth-order valence-electron chi connectivity index (χ4n) is 5.96. The standard InChI is InChI=1S/C26H33N9O3/c1-16-30-17-5-3-4-6-18(17)34(16)10-7-20(36)33-11-8-26(9-12-33)13-19(25(2,37)14-38-26)35-15-29-21-22(27)31-24(28)32-23(21)35/h3-6,15,19,37H,7-14H2,1-2H3,(H4,27,28,31,32)/t19-,25-/m0/s1. The van der Waals surface area contributed by atoms with E-state index in [1.807, 2.05) is 40.7 Å². The molecule has 2 aliphatic rings. The number of amides is 1. The van der Waals surface area contributed by atoms with Crippen LogP contribution < -0.4 is 11.5 Å². The van der Waals surface area contributed by atoms with Gasteiger partial charge in [0.2, 0.25) is 11.9 Å². The van der Waals surface area contributed by atoms with Crippen molar-refractivity contribution in [3.05, 3.63) is 36.4 Å². The third kappa shape index (κ3) is 4.13. The SMILES string of the molecule is Cc1nc2ccccc2n1CCC(=O)N1CCC2(CC1)C[C@H](n1cnc3c(N)nc(N)nc31)[C@@](C)(O)CO2. The fourth-order valence-corrected chi connectivity index (χ4v) is 5.96. The van der Waals surface area contributed by atoms with Crippen LogP contribution in [0, 0.1) is 6.92 Å². The molecule has 0 bridgehead atoms. The summed E-state index contributed by atoms with van der Waals surface area (Å²) in [6.45, 7) is 5.68. The molecule has 4 aromatic rings. The number of benzene rings is 1. The number of aryl methyl sites for hydroxylation is 2. The van der Waals surface area contributed by atoms with E-state index >= 15 is 0 Å². The number of para-hydroxylation sites is 2. The minimum atomic E-state index is -1.15. The monoisotopic (exact) mass is 519 g/mol. The third-order valence-electron chi connectivity index (χ3n) is 8.18. The van der Waals surface area contributed by atoms with Crippen LogP contribution in [0.3, 0.4) is 0 Å². The number of ether oxygens (including phenoxy) is 1. The molecule has 0 aliphatic carbocycles. The van der Waals surface area contributed by atoms with E-state index in [-0.39, 0.29) is 30.3 Å². The molecule has 1 aromatic carbocycles. The number of imidazole rings is 2. The Morgan fingerprint density at radius 2 is 1.95 bits per heavy atom. The molecule has 2 aliphatic heterocycles. The second-order valence-corrected chi connectivity index (χ2v) is 10.8. The molecule has 2 atom stereocenters. The van der Waals surface area contributed by atoms with Crippen molar-refractivity contribution in [2.75, 3.05) is 31.2 Å². The van der Waals surface area contributed by atoms with Crippen LogP contribution in [0.4, 0.5) is 11.8 Å². The Balaban J connectivity index is 1.15. The number of anilines is 2. The van der Waals surface area contributed by atoms with Gasteiger partial charge < -0.3 is 35.3 Å². The van der Waals surface area contributed by atoms with Gasteiger partial charge >= 0.3 is 0 Å². The Labute approximate surface area is 219 Å². The largest absolute Gasteiger partial charge is 0.386 e. The molecule has 6 rings (SSSR count). The zero-order valence-electron chi connectivity index (χ0n) is 21.7. The molecule has 5 heterocycles. The molecule has 2 saturated heterocycles. The van der Waals surface area contributed by atoms with Crippen molar-refractivity contribution in [1.29, 1.82) is 0 Å². The molecule has 12 heteroatoms. The molecule has 38 heavy (non-hydrogen) atoms. The summed E-state index contributed by atoms with van der Waals surface area (Å²) in [4.78, 5) is 32.4. The van der Waals surface area contributed by atoms with Crippen molar-refractivity contribution in [2.45, 2.75) is 63.3 Å². The molecule has 1 amide bonds. The minimum Gasteiger partial charge on any atom is -0.386 e. The lowest BCUT2D eigenvalue weighted by atomic mass is 9.77. The fraction of sp³-hybridized carbons (Fsp3) is 0.500. The first-order valence-corrected chi connectivity index (χ1v) is 13.0. The van der Waals surface area contributed by atoms with Gasteiger partial charge in [0.1, 0.15) is 16.9 Å². The van der Waals surface area contributed by atoms with E-state index in [2.05, 4.69) is 24.5 Å². The second-order valence-electron chi connectivity index (χ2n) is 10.8. The number of fused-ring (bicyclic) bond motifs is 2. The molecular formula is C26H33N9O3. The minimum absolute atomic E-state index is 0.0591. The number of aliphatic hydroxyl groups is 1. The van der Waals surface area contributed by atoms with E-state index in [4.69, 9.17) is 16.2 Å². The average Bonchev–Trinajstić information content (AvgIpc) is 3.45. The van der Waals surface area contributed by atoms with Gasteiger partial charge in [0.25, 0.3) is 0 Å². The van der Waals surface area contributed by atoms with Gasteiger partial charge in [0.15, 0.2) is 11.5 Å². The van der Waals surface area contributed by atoms with Crippen molar-refractivity contribution in [2.24, 2.45) is 0 Å². The number of hydrogen-bond donors (Lipinski definition) is 3. The highest BCUT2D eigenvalue weighted by molar-refractivity contribution is 5.83. The zero-order chi connectivity index (χ0) is 26.7. The molecular weight excluding hydrogens is 486 g/mol. The van der Waals surface area contributed by atoms with Gasteiger partial charge in [-0.25, -0.2) is 9.97 Å². The number of carbonyl (C=O) groups is 1. The average molecular weight is 520 g/mol. The number of nitrogen functional groups attached to an aromatic ring is 2. The van der Waals surface area contributed by atoms with Crippen LogP contribution in [0.15, 0.2) is 30.6 Å². The topological polar surface area (TPSA) is 163 Å². The van der Waals surface area contributed by atoms with Crippen molar-refractivity contribution in [3.63, 3.8) is 0 Å². The van der Waals surface area contributed by atoms with E-state index < -0.39 is 11.2 Å². The van der Waals surface area contributed by atoms with Gasteiger partial charge in [-0.1, -0.05) is 12.1 Å². The van der Waals surface area contributed by atoms with Gasteiger partial charge in [-0.15, -0.1) is 0 Å². The number of piperidine rings is 1. The van der Waals surface area contributed by atoms with Crippen molar-refractivity contribution >= 4 is 39.9 Å². The molecule has 12 nitrogen and oxygen atoms in total. The van der Waals surface area contributed by atoms with Crippen molar-refractivity contribution in [1.82, 2.24) is 34.0 Å². The van der Waals surface area contributed by atoms with Crippen LogP contribution in [-0.4, -0.2) is 75.9 Å². The summed E-state index contributed by atoms with van der Waals surface area (Å²) >= 11 is 0. The maximum Gasteiger partial charge on any atom is 0.224 e. The van der Waals surface area contributed by atoms with Crippen LogP contribution in [-0.2, 0) is 16.1 Å². The summed E-state index contributed by atoms with van der Waals surface area (Å²) in [6, 6.07) is 7.63. The zero-order valence-corrected chi connectivity index (χ0v) is 21.7. The lowest BCUT2D eigenvalue weighted by Crippen LogP contribution is -2.57. The summed E-state index contributed by atoms with van der Waals surface area (Å²) in [7, 11) is 0. The number of likely N-dealkylation sites (tertiary alicyclic amines) is 1. The first-order chi connectivity index (χ1) is 18.2. The van der Waals surface area contributed by atoms with E-state index in [9.17, 15) is 9.90 Å². The predicted molar refractivity (Wildman–Crippen MR) is 142 cm³/mol. The molecule has 0 saturated carbocycles. The molecule has 5 N–H and O–H groups in total. The van der Waals surface area contributed by atoms with Crippen molar-refractivity contribution in [3.8, 4) is 0 Å². The van der Waals surface area contributed by atoms with Gasteiger partial charge in [0, 0.05) is 32.5 Å². The molecule has 0 unspecified atom stereocenters. The lowest BCUT2D eigenvalue weighted by Gasteiger charge is -2.51. The normalized spacial score (nSPS) is 23.4. The summed E-state index contributed by atoms with van der Waals surface area (Å²) in [5, 5.41) is 11.3. The number of nitrogens with zero attached hydrogens (tertiary/aromatic N) is 7. The first-order valence-electron chi connectivity index (χ1n) is 13.0.